The first-order chi connectivity index (χ1) is 11.0. The van der Waals surface area contributed by atoms with Crippen LogP contribution in [0, 0.1) is 5.82 Å². The van der Waals surface area contributed by atoms with Gasteiger partial charge in [0.25, 0.3) is 5.91 Å². The van der Waals surface area contributed by atoms with Gasteiger partial charge in [0, 0.05) is 29.7 Å². The van der Waals surface area contributed by atoms with Crippen LogP contribution in [0.25, 0.3) is 10.9 Å². The maximum Gasteiger partial charge on any atom is 0.268 e. The number of carbonyl (C=O) groups excluding carboxylic acids is 1. The van der Waals surface area contributed by atoms with Gasteiger partial charge >= 0.3 is 0 Å². The predicted octanol–water partition coefficient (Wildman–Crippen LogP) is 3.11. The first-order valence-corrected chi connectivity index (χ1v) is 7.65. The van der Waals surface area contributed by atoms with E-state index in [1.54, 1.807) is 16.9 Å². The van der Waals surface area contributed by atoms with Gasteiger partial charge in [-0.25, -0.2) is 4.39 Å². The molecule has 1 amide bonds. The van der Waals surface area contributed by atoms with E-state index in [4.69, 9.17) is 11.6 Å². The fourth-order valence-corrected chi connectivity index (χ4v) is 2.99. The summed E-state index contributed by atoms with van der Waals surface area (Å²) in [6.07, 6.45) is 5.39. The van der Waals surface area contributed by atoms with Gasteiger partial charge in [-0.1, -0.05) is 11.6 Å². The Morgan fingerprint density at radius 2 is 2.26 bits per heavy atom. The summed E-state index contributed by atoms with van der Waals surface area (Å²) in [6.45, 7) is 0. The Morgan fingerprint density at radius 3 is 2.91 bits per heavy atom. The minimum Gasteiger partial charge on any atom is -0.350 e. The molecule has 1 aromatic carbocycles. The van der Waals surface area contributed by atoms with Crippen molar-refractivity contribution in [3.05, 3.63) is 52.7 Å². The number of rotatable bonds is 3. The molecule has 0 radical (unpaired) electrons. The number of aromatic nitrogens is 3. The molecule has 0 atom stereocenters. The highest BCUT2D eigenvalue weighted by molar-refractivity contribution is 6.31. The van der Waals surface area contributed by atoms with Crippen molar-refractivity contribution in [3.63, 3.8) is 0 Å². The number of nitrogens with zero attached hydrogens (tertiary/aromatic N) is 2. The average Bonchev–Trinajstić information content (AvgIpc) is 2.97. The third-order valence-corrected chi connectivity index (χ3v) is 4.59. The van der Waals surface area contributed by atoms with Crippen LogP contribution in [-0.4, -0.2) is 20.7 Å². The van der Waals surface area contributed by atoms with Gasteiger partial charge in [0.1, 0.15) is 5.69 Å². The molecular formula is C16H14ClFN4O. The fraction of sp³-hybridized carbons (Fsp3) is 0.250. The van der Waals surface area contributed by atoms with E-state index in [0.717, 1.165) is 18.4 Å². The summed E-state index contributed by atoms with van der Waals surface area (Å²) in [5.41, 5.74) is 1.48. The second-order valence-electron chi connectivity index (χ2n) is 5.94. The van der Waals surface area contributed by atoms with Crippen LogP contribution >= 0.6 is 11.6 Å². The number of fused-ring (bicyclic) bond motifs is 1. The number of benzene rings is 1. The van der Waals surface area contributed by atoms with Crippen molar-refractivity contribution < 1.29 is 9.18 Å². The summed E-state index contributed by atoms with van der Waals surface area (Å²) in [5, 5.41) is 7.53. The number of H-pyrrole nitrogens is 1. The molecule has 3 aromatic rings. The highest BCUT2D eigenvalue weighted by Crippen LogP contribution is 2.45. The quantitative estimate of drug-likeness (QED) is 0.774. The van der Waals surface area contributed by atoms with Crippen LogP contribution in [0.3, 0.4) is 0 Å². The van der Waals surface area contributed by atoms with Crippen LogP contribution in [0.2, 0.25) is 5.02 Å². The standard InChI is InChI=1S/C16H14ClFN4O/c1-22-8-9(7-19-22)16(4-5-16)21-15(23)13-6-10-12(20-13)3-2-11(17)14(10)18/h2-3,6-8,20H,4-5H2,1H3,(H,21,23). The molecule has 0 unspecified atom stereocenters. The van der Waals surface area contributed by atoms with Crippen molar-refractivity contribution in [2.24, 2.45) is 7.05 Å². The second kappa shape index (κ2) is 4.83. The highest BCUT2D eigenvalue weighted by atomic mass is 35.5. The minimum atomic E-state index is -0.520. The van der Waals surface area contributed by atoms with Gasteiger partial charge in [-0.05, 0) is 31.0 Å². The SMILES string of the molecule is Cn1cc(C2(NC(=O)c3cc4c(F)c(Cl)ccc4[nH]3)CC2)cn1. The van der Waals surface area contributed by atoms with Gasteiger partial charge in [-0.3, -0.25) is 9.48 Å². The molecule has 0 aliphatic heterocycles. The van der Waals surface area contributed by atoms with Crippen LogP contribution in [0.5, 0.6) is 0 Å². The summed E-state index contributed by atoms with van der Waals surface area (Å²) in [6, 6.07) is 4.62. The zero-order valence-corrected chi connectivity index (χ0v) is 13.1. The van der Waals surface area contributed by atoms with Crippen molar-refractivity contribution in [2.75, 3.05) is 0 Å². The molecule has 1 aliphatic carbocycles. The molecule has 4 rings (SSSR count). The fourth-order valence-electron chi connectivity index (χ4n) is 2.83. The predicted molar refractivity (Wildman–Crippen MR) is 84.9 cm³/mol. The molecule has 2 aromatic heterocycles. The van der Waals surface area contributed by atoms with Gasteiger partial charge in [0.15, 0.2) is 5.82 Å². The topological polar surface area (TPSA) is 62.7 Å². The van der Waals surface area contributed by atoms with Crippen LogP contribution in [0.4, 0.5) is 4.39 Å². The molecule has 1 saturated carbocycles. The average molecular weight is 333 g/mol. The Kier molecular flexibility index (Phi) is 2.99. The van der Waals surface area contributed by atoms with Gasteiger partial charge in [0.2, 0.25) is 0 Å². The number of aromatic amines is 1. The van der Waals surface area contributed by atoms with Crippen molar-refractivity contribution in [3.8, 4) is 0 Å². The summed E-state index contributed by atoms with van der Waals surface area (Å²) in [5.74, 6) is -0.786. The van der Waals surface area contributed by atoms with Gasteiger partial charge < -0.3 is 10.3 Å². The maximum absolute atomic E-state index is 14.0. The molecule has 5 nitrogen and oxygen atoms in total. The number of amides is 1. The number of hydrogen-bond acceptors (Lipinski definition) is 2. The van der Waals surface area contributed by atoms with Crippen molar-refractivity contribution in [1.82, 2.24) is 20.1 Å². The summed E-state index contributed by atoms with van der Waals surface area (Å²) in [7, 11) is 1.84. The largest absolute Gasteiger partial charge is 0.350 e. The van der Waals surface area contributed by atoms with Crippen LogP contribution in [0.1, 0.15) is 28.9 Å². The number of carbonyl (C=O) groups is 1. The summed E-state index contributed by atoms with van der Waals surface area (Å²) in [4.78, 5) is 15.5. The van der Waals surface area contributed by atoms with Gasteiger partial charge in [0.05, 0.1) is 16.8 Å². The van der Waals surface area contributed by atoms with E-state index in [2.05, 4.69) is 15.4 Å². The minimum absolute atomic E-state index is 0.0393. The molecule has 0 bridgehead atoms. The molecule has 2 N–H and O–H groups in total. The summed E-state index contributed by atoms with van der Waals surface area (Å²) >= 11 is 5.78. The lowest BCUT2D eigenvalue weighted by atomic mass is 10.1. The first kappa shape index (κ1) is 14.3. The molecular weight excluding hydrogens is 319 g/mol. The Bertz CT molecular complexity index is 925. The Balaban J connectivity index is 1.64. The van der Waals surface area contributed by atoms with E-state index in [-0.39, 0.29) is 16.5 Å². The monoisotopic (exact) mass is 332 g/mol. The van der Waals surface area contributed by atoms with Crippen molar-refractivity contribution in [1.29, 1.82) is 0 Å². The third-order valence-electron chi connectivity index (χ3n) is 4.30. The number of halogens is 2. The second-order valence-corrected chi connectivity index (χ2v) is 6.35. The highest BCUT2D eigenvalue weighted by Gasteiger charge is 2.46. The Morgan fingerprint density at radius 1 is 1.48 bits per heavy atom. The maximum atomic E-state index is 14.0. The molecule has 2 heterocycles. The third kappa shape index (κ3) is 2.30. The van der Waals surface area contributed by atoms with E-state index in [0.29, 0.717) is 16.6 Å². The lowest BCUT2D eigenvalue weighted by Crippen LogP contribution is -2.34. The van der Waals surface area contributed by atoms with E-state index in [9.17, 15) is 9.18 Å². The lowest BCUT2D eigenvalue weighted by molar-refractivity contribution is 0.0926. The Labute approximate surface area is 136 Å². The van der Waals surface area contributed by atoms with Crippen LogP contribution in [0.15, 0.2) is 30.6 Å². The molecule has 1 aliphatic rings. The lowest BCUT2D eigenvalue weighted by Gasteiger charge is -2.15. The van der Waals surface area contributed by atoms with E-state index >= 15 is 0 Å². The molecule has 118 valence electrons. The van der Waals surface area contributed by atoms with Crippen molar-refractivity contribution in [2.45, 2.75) is 18.4 Å². The zero-order valence-electron chi connectivity index (χ0n) is 12.4. The molecule has 0 spiro atoms. The summed E-state index contributed by atoms with van der Waals surface area (Å²) < 4.78 is 15.7. The van der Waals surface area contributed by atoms with Gasteiger partial charge in [-0.15, -0.1) is 0 Å². The molecule has 0 saturated heterocycles. The van der Waals surface area contributed by atoms with Gasteiger partial charge in [-0.2, -0.15) is 5.10 Å². The Hall–Kier alpha value is -2.34. The smallest absolute Gasteiger partial charge is 0.268 e. The molecule has 1 fully saturated rings. The van der Waals surface area contributed by atoms with Crippen LogP contribution in [-0.2, 0) is 12.6 Å². The number of aryl methyl sites for hydroxylation is 1. The van der Waals surface area contributed by atoms with E-state index in [1.807, 2.05) is 13.2 Å². The molecule has 7 heteroatoms. The van der Waals surface area contributed by atoms with E-state index < -0.39 is 5.82 Å². The van der Waals surface area contributed by atoms with Crippen molar-refractivity contribution >= 4 is 28.4 Å². The molecule has 23 heavy (non-hydrogen) atoms. The first-order valence-electron chi connectivity index (χ1n) is 7.27. The van der Waals surface area contributed by atoms with E-state index in [1.165, 1.54) is 12.1 Å². The zero-order chi connectivity index (χ0) is 16.2. The number of nitrogens with one attached hydrogen (secondary N) is 2. The number of hydrogen-bond donors (Lipinski definition) is 2. The van der Waals surface area contributed by atoms with Crippen LogP contribution < -0.4 is 5.32 Å². The normalized spacial score (nSPS) is 15.8.